The van der Waals surface area contributed by atoms with Crippen LogP contribution in [-0.4, -0.2) is 33.0 Å². The van der Waals surface area contributed by atoms with Gasteiger partial charge in [-0.1, -0.05) is 19.8 Å². The maximum atomic E-state index is 11.0. The summed E-state index contributed by atoms with van der Waals surface area (Å²) in [6.45, 7) is 5.46. The van der Waals surface area contributed by atoms with Crippen molar-refractivity contribution in [1.82, 2.24) is 5.32 Å². The van der Waals surface area contributed by atoms with Gasteiger partial charge in [0.15, 0.2) is 0 Å². The van der Waals surface area contributed by atoms with Crippen molar-refractivity contribution >= 4 is 9.84 Å². The Bertz CT molecular complexity index is 305. The first-order valence-corrected chi connectivity index (χ1v) is 8.84. The molecular weight excluding hydrogens is 234 g/mol. The Hall–Kier alpha value is -0.0900. The number of nitrogens with one attached hydrogen (secondary N) is 1. The lowest BCUT2D eigenvalue weighted by Gasteiger charge is -2.27. The Labute approximate surface area is 106 Å². The van der Waals surface area contributed by atoms with Crippen molar-refractivity contribution in [2.45, 2.75) is 52.0 Å². The van der Waals surface area contributed by atoms with Crippen LogP contribution in [0.2, 0.25) is 0 Å². The molecule has 0 aromatic carbocycles. The minimum absolute atomic E-state index is 0.295. The van der Waals surface area contributed by atoms with E-state index in [9.17, 15) is 8.42 Å². The second-order valence-electron chi connectivity index (χ2n) is 5.85. The predicted molar refractivity (Wildman–Crippen MR) is 72.9 cm³/mol. The van der Waals surface area contributed by atoms with Crippen molar-refractivity contribution in [3.63, 3.8) is 0 Å². The fourth-order valence-corrected chi connectivity index (χ4v) is 3.18. The van der Waals surface area contributed by atoms with E-state index in [1.54, 1.807) is 0 Å². The molecule has 1 atom stereocenters. The van der Waals surface area contributed by atoms with Crippen LogP contribution in [0.25, 0.3) is 0 Å². The van der Waals surface area contributed by atoms with Crippen LogP contribution in [0.5, 0.6) is 0 Å². The second-order valence-corrected chi connectivity index (χ2v) is 8.11. The largest absolute Gasteiger partial charge is 0.314 e. The molecule has 1 saturated carbocycles. The Morgan fingerprint density at radius 1 is 1.24 bits per heavy atom. The maximum absolute atomic E-state index is 11.0. The summed E-state index contributed by atoms with van der Waals surface area (Å²) in [7, 11) is -2.81. The van der Waals surface area contributed by atoms with Crippen LogP contribution in [-0.2, 0) is 9.84 Å². The molecule has 102 valence electrons. The quantitative estimate of drug-likeness (QED) is 0.797. The van der Waals surface area contributed by atoms with Gasteiger partial charge in [0.05, 0.1) is 5.75 Å². The highest BCUT2D eigenvalue weighted by Crippen LogP contribution is 2.27. The van der Waals surface area contributed by atoms with Gasteiger partial charge in [-0.05, 0) is 44.6 Å². The highest BCUT2D eigenvalue weighted by Gasteiger charge is 2.18. The van der Waals surface area contributed by atoms with E-state index in [1.165, 1.54) is 31.9 Å². The van der Waals surface area contributed by atoms with Gasteiger partial charge in [-0.3, -0.25) is 0 Å². The Morgan fingerprint density at radius 3 is 2.35 bits per heavy atom. The highest BCUT2D eigenvalue weighted by molar-refractivity contribution is 7.90. The Morgan fingerprint density at radius 2 is 1.82 bits per heavy atom. The molecule has 0 aromatic heterocycles. The zero-order valence-electron chi connectivity index (χ0n) is 11.4. The highest BCUT2D eigenvalue weighted by atomic mass is 32.2. The molecule has 4 heteroatoms. The van der Waals surface area contributed by atoms with Gasteiger partial charge in [0.2, 0.25) is 0 Å². The van der Waals surface area contributed by atoms with E-state index < -0.39 is 9.84 Å². The molecule has 0 bridgehead atoms. The molecule has 0 radical (unpaired) electrons. The van der Waals surface area contributed by atoms with Crippen LogP contribution in [0, 0.1) is 11.8 Å². The van der Waals surface area contributed by atoms with Crippen LogP contribution in [0.1, 0.15) is 46.0 Å². The first-order valence-electron chi connectivity index (χ1n) is 6.78. The summed E-state index contributed by atoms with van der Waals surface area (Å²) in [6, 6.07) is 0.309. The summed E-state index contributed by atoms with van der Waals surface area (Å²) in [6.07, 6.45) is 7.39. The van der Waals surface area contributed by atoms with E-state index in [0.29, 0.717) is 11.8 Å². The van der Waals surface area contributed by atoms with Crippen molar-refractivity contribution < 1.29 is 8.42 Å². The van der Waals surface area contributed by atoms with Crippen molar-refractivity contribution in [2.24, 2.45) is 11.8 Å². The Balaban J connectivity index is 2.13. The lowest BCUT2D eigenvalue weighted by molar-refractivity contribution is 0.275. The summed E-state index contributed by atoms with van der Waals surface area (Å²) in [4.78, 5) is 0. The summed E-state index contributed by atoms with van der Waals surface area (Å²) in [5.41, 5.74) is 0. The van der Waals surface area contributed by atoms with Gasteiger partial charge in [-0.2, -0.15) is 0 Å². The minimum Gasteiger partial charge on any atom is -0.314 e. The summed E-state index contributed by atoms with van der Waals surface area (Å²) >= 11 is 0. The van der Waals surface area contributed by atoms with Crippen LogP contribution < -0.4 is 5.32 Å². The summed E-state index contributed by atoms with van der Waals surface area (Å²) in [5.74, 6) is 1.99. The van der Waals surface area contributed by atoms with Crippen LogP contribution in [0.4, 0.5) is 0 Å². The number of hydrogen-bond acceptors (Lipinski definition) is 3. The van der Waals surface area contributed by atoms with Crippen molar-refractivity contribution in [2.75, 3.05) is 18.6 Å². The third kappa shape index (κ3) is 7.04. The molecule has 0 aliphatic heterocycles. The molecule has 0 saturated heterocycles. The fourth-order valence-electron chi connectivity index (χ4n) is 2.39. The van der Waals surface area contributed by atoms with E-state index in [4.69, 9.17) is 0 Å². The molecule has 1 aliphatic rings. The van der Waals surface area contributed by atoms with Gasteiger partial charge in [-0.25, -0.2) is 8.42 Å². The molecule has 1 fully saturated rings. The van der Waals surface area contributed by atoms with E-state index >= 15 is 0 Å². The molecule has 0 heterocycles. The van der Waals surface area contributed by atoms with Crippen LogP contribution >= 0.6 is 0 Å². The topological polar surface area (TPSA) is 46.2 Å². The van der Waals surface area contributed by atoms with E-state index in [2.05, 4.69) is 19.2 Å². The molecule has 1 N–H and O–H groups in total. The average molecular weight is 261 g/mol. The molecule has 1 unspecified atom stereocenters. The molecular formula is C13H27NO2S. The molecule has 0 aromatic rings. The van der Waals surface area contributed by atoms with Gasteiger partial charge in [-0.15, -0.1) is 0 Å². The van der Waals surface area contributed by atoms with Gasteiger partial charge >= 0.3 is 0 Å². The molecule has 0 amide bonds. The predicted octanol–water partition coefficient (Wildman–Crippen LogP) is 2.23. The van der Waals surface area contributed by atoms with E-state index in [-0.39, 0.29) is 0 Å². The molecule has 3 nitrogen and oxygen atoms in total. The van der Waals surface area contributed by atoms with Gasteiger partial charge < -0.3 is 5.32 Å². The lowest BCUT2D eigenvalue weighted by atomic mass is 9.83. The smallest absolute Gasteiger partial charge is 0.147 e. The summed E-state index contributed by atoms with van der Waals surface area (Å²) < 4.78 is 22.1. The first-order chi connectivity index (χ1) is 7.87. The Kier molecular flexibility index (Phi) is 5.93. The lowest BCUT2D eigenvalue weighted by Crippen LogP contribution is -2.33. The summed E-state index contributed by atoms with van der Waals surface area (Å²) in [5, 5.41) is 3.48. The first kappa shape index (κ1) is 15.0. The molecule has 1 aliphatic carbocycles. The molecule has 1 rings (SSSR count). The normalized spacial score (nSPS) is 27.9. The third-order valence-corrected chi connectivity index (χ3v) is 4.79. The maximum Gasteiger partial charge on any atom is 0.147 e. The van der Waals surface area contributed by atoms with E-state index in [1.807, 2.05) is 0 Å². The van der Waals surface area contributed by atoms with Crippen LogP contribution in [0.3, 0.4) is 0 Å². The SMILES string of the molecule is CC1CCC(CNC(C)CCS(C)(=O)=O)CC1. The van der Waals surface area contributed by atoms with Gasteiger partial charge in [0.25, 0.3) is 0 Å². The van der Waals surface area contributed by atoms with Crippen molar-refractivity contribution in [3.05, 3.63) is 0 Å². The number of rotatable bonds is 6. The minimum atomic E-state index is -2.81. The van der Waals surface area contributed by atoms with Gasteiger partial charge in [0, 0.05) is 12.3 Å². The van der Waals surface area contributed by atoms with Crippen LogP contribution in [0.15, 0.2) is 0 Å². The number of sulfone groups is 1. The monoisotopic (exact) mass is 261 g/mol. The molecule has 17 heavy (non-hydrogen) atoms. The second kappa shape index (κ2) is 6.74. The number of hydrogen-bond donors (Lipinski definition) is 1. The van der Waals surface area contributed by atoms with Crippen molar-refractivity contribution in [1.29, 1.82) is 0 Å². The third-order valence-electron chi connectivity index (χ3n) is 3.81. The zero-order valence-corrected chi connectivity index (χ0v) is 12.2. The average Bonchev–Trinajstić information content (AvgIpc) is 2.25. The fraction of sp³-hybridized carbons (Fsp3) is 1.00. The standard InChI is InChI=1S/C13H27NO2S/c1-11-4-6-13(7-5-11)10-14-12(2)8-9-17(3,15)16/h11-14H,4-10H2,1-3H3. The zero-order chi connectivity index (χ0) is 12.9. The van der Waals surface area contributed by atoms with Crippen molar-refractivity contribution in [3.8, 4) is 0 Å². The van der Waals surface area contributed by atoms with E-state index in [0.717, 1.165) is 24.8 Å². The van der Waals surface area contributed by atoms with Gasteiger partial charge in [0.1, 0.15) is 9.84 Å². The molecule has 0 spiro atoms.